The number of benzene rings is 1. The summed E-state index contributed by atoms with van der Waals surface area (Å²) in [5, 5.41) is 18.6. The molecule has 2 heterocycles. The largest absolute Gasteiger partial charge is 0.477 e. The lowest BCUT2D eigenvalue weighted by Crippen LogP contribution is -2.38. The molecule has 2 aromatic heterocycles. The highest BCUT2D eigenvalue weighted by molar-refractivity contribution is 6.31. The summed E-state index contributed by atoms with van der Waals surface area (Å²) in [6.45, 7) is 1.41. The number of fused-ring (bicyclic) bond motifs is 1. The summed E-state index contributed by atoms with van der Waals surface area (Å²) in [6.07, 6.45) is 2.92. The molecule has 0 saturated carbocycles. The molecule has 0 unspecified atom stereocenters. The van der Waals surface area contributed by atoms with Gasteiger partial charge in [0.2, 0.25) is 5.91 Å². The van der Waals surface area contributed by atoms with Gasteiger partial charge >= 0.3 is 5.97 Å². The topological polar surface area (TPSA) is 121 Å². The maximum Gasteiger partial charge on any atom is 0.341 e. The standard InChI is InChI=1S/C15H12ClN5O4/c1-8(22)20(21-3-2-17-19-21)7-10-5-11(16)4-9-6-12(15(24)25)14(23)18-13(9)10/h2-6H,7H2,1H3,(H,18,23)(H,24,25). The number of nitrogens with zero attached hydrogens (tertiary/aromatic N) is 4. The maximum absolute atomic E-state index is 12.0. The SMILES string of the molecule is CC(=O)N(Cc1cc(Cl)cc2cc(C(=O)O)c(=O)[nH]c12)n1ccnn1. The highest BCUT2D eigenvalue weighted by Gasteiger charge is 2.17. The van der Waals surface area contributed by atoms with Gasteiger partial charge in [-0.3, -0.25) is 9.59 Å². The van der Waals surface area contributed by atoms with Gasteiger partial charge in [0.25, 0.3) is 5.56 Å². The second-order valence-corrected chi connectivity index (χ2v) is 5.68. The Bertz CT molecular complexity index is 1030. The Labute approximate surface area is 145 Å². The number of nitrogens with one attached hydrogen (secondary N) is 1. The van der Waals surface area contributed by atoms with E-state index in [1.807, 2.05) is 0 Å². The number of aromatic nitrogens is 4. The van der Waals surface area contributed by atoms with Crippen molar-refractivity contribution in [3.8, 4) is 0 Å². The molecule has 0 bridgehead atoms. The van der Waals surface area contributed by atoms with Crippen LogP contribution in [0.3, 0.4) is 0 Å². The highest BCUT2D eigenvalue weighted by atomic mass is 35.5. The molecule has 0 aliphatic heterocycles. The van der Waals surface area contributed by atoms with E-state index in [0.717, 1.165) is 0 Å². The lowest BCUT2D eigenvalue weighted by molar-refractivity contribution is -0.118. The summed E-state index contributed by atoms with van der Waals surface area (Å²) < 4.78 is 0. The Hall–Kier alpha value is -3.20. The lowest BCUT2D eigenvalue weighted by atomic mass is 10.1. The van der Waals surface area contributed by atoms with Crippen LogP contribution in [0.2, 0.25) is 5.02 Å². The van der Waals surface area contributed by atoms with Crippen LogP contribution in [-0.4, -0.2) is 37.1 Å². The number of H-pyrrole nitrogens is 1. The fraction of sp³-hybridized carbons (Fsp3) is 0.133. The molecule has 128 valence electrons. The number of rotatable bonds is 4. The molecule has 0 saturated heterocycles. The molecule has 2 N–H and O–H groups in total. The third-order valence-electron chi connectivity index (χ3n) is 3.57. The highest BCUT2D eigenvalue weighted by Crippen LogP contribution is 2.23. The second kappa shape index (κ2) is 6.36. The van der Waals surface area contributed by atoms with Gasteiger partial charge in [0, 0.05) is 17.3 Å². The minimum atomic E-state index is -1.34. The normalized spacial score (nSPS) is 10.8. The van der Waals surface area contributed by atoms with Gasteiger partial charge in [-0.25, -0.2) is 9.80 Å². The minimum Gasteiger partial charge on any atom is -0.477 e. The lowest BCUT2D eigenvalue weighted by Gasteiger charge is -2.21. The van der Waals surface area contributed by atoms with E-state index >= 15 is 0 Å². The number of halogens is 1. The second-order valence-electron chi connectivity index (χ2n) is 5.25. The molecule has 0 atom stereocenters. The van der Waals surface area contributed by atoms with Gasteiger partial charge < -0.3 is 10.1 Å². The van der Waals surface area contributed by atoms with Gasteiger partial charge in [-0.15, -0.1) is 5.10 Å². The van der Waals surface area contributed by atoms with Crippen molar-refractivity contribution in [1.29, 1.82) is 0 Å². The van der Waals surface area contributed by atoms with E-state index in [-0.39, 0.29) is 18.0 Å². The van der Waals surface area contributed by atoms with Crippen molar-refractivity contribution in [3.63, 3.8) is 0 Å². The minimum absolute atomic E-state index is 0.0537. The van der Waals surface area contributed by atoms with E-state index in [0.29, 0.717) is 21.5 Å². The first-order valence-corrected chi connectivity index (χ1v) is 7.48. The van der Waals surface area contributed by atoms with Crippen molar-refractivity contribution in [3.05, 3.63) is 57.1 Å². The van der Waals surface area contributed by atoms with Crippen molar-refractivity contribution < 1.29 is 14.7 Å². The number of carbonyl (C=O) groups is 2. The molecule has 0 spiro atoms. The molecular formula is C15H12ClN5O4. The summed E-state index contributed by atoms with van der Waals surface area (Å²) in [7, 11) is 0. The van der Waals surface area contributed by atoms with Crippen molar-refractivity contribution in [2.45, 2.75) is 13.5 Å². The summed E-state index contributed by atoms with van der Waals surface area (Å²) >= 11 is 6.11. The summed E-state index contributed by atoms with van der Waals surface area (Å²) in [5.74, 6) is -1.64. The maximum atomic E-state index is 12.0. The Morgan fingerprint density at radius 2 is 2.12 bits per heavy atom. The van der Waals surface area contributed by atoms with Crippen molar-refractivity contribution in [1.82, 2.24) is 20.1 Å². The Balaban J connectivity index is 2.15. The Morgan fingerprint density at radius 3 is 2.72 bits per heavy atom. The van der Waals surface area contributed by atoms with E-state index in [2.05, 4.69) is 15.3 Å². The average Bonchev–Trinajstić information content (AvgIpc) is 3.05. The zero-order chi connectivity index (χ0) is 18.1. The molecule has 0 aliphatic carbocycles. The number of aromatic amines is 1. The number of pyridine rings is 1. The molecule has 9 nitrogen and oxygen atoms in total. The molecule has 0 fully saturated rings. The van der Waals surface area contributed by atoms with E-state index in [9.17, 15) is 14.4 Å². The molecule has 25 heavy (non-hydrogen) atoms. The average molecular weight is 362 g/mol. The predicted octanol–water partition coefficient (Wildman–Crippen LogP) is 1.16. The van der Waals surface area contributed by atoms with Crippen molar-refractivity contribution >= 4 is 34.4 Å². The van der Waals surface area contributed by atoms with Crippen molar-refractivity contribution in [2.24, 2.45) is 0 Å². The molecule has 3 aromatic rings. The van der Waals surface area contributed by atoms with E-state index < -0.39 is 11.5 Å². The Morgan fingerprint density at radius 1 is 1.36 bits per heavy atom. The number of carboxylic acid groups (broad SMARTS) is 1. The number of hydrogen-bond acceptors (Lipinski definition) is 5. The zero-order valence-electron chi connectivity index (χ0n) is 12.9. The third kappa shape index (κ3) is 3.22. The summed E-state index contributed by atoms with van der Waals surface area (Å²) in [4.78, 5) is 38.9. The molecule has 1 aromatic carbocycles. The first-order valence-electron chi connectivity index (χ1n) is 7.10. The van der Waals surface area contributed by atoms with Crippen LogP contribution >= 0.6 is 11.6 Å². The van der Waals surface area contributed by atoms with Crippen molar-refractivity contribution in [2.75, 3.05) is 5.01 Å². The fourth-order valence-electron chi connectivity index (χ4n) is 2.46. The van der Waals surface area contributed by atoms with E-state index in [1.54, 1.807) is 6.07 Å². The van der Waals surface area contributed by atoms with Crippen LogP contribution in [0.15, 0.2) is 35.4 Å². The Kier molecular flexibility index (Phi) is 4.24. The summed E-state index contributed by atoms with van der Waals surface area (Å²) in [6, 6.07) is 4.38. The molecule has 3 rings (SSSR count). The first kappa shape index (κ1) is 16.7. The number of amides is 1. The van der Waals surface area contributed by atoms with Gasteiger partial charge in [-0.1, -0.05) is 11.6 Å². The molecule has 0 aliphatic rings. The third-order valence-corrected chi connectivity index (χ3v) is 3.79. The van der Waals surface area contributed by atoms with Gasteiger partial charge in [-0.2, -0.15) is 4.79 Å². The molecular weight excluding hydrogens is 350 g/mol. The van der Waals surface area contributed by atoms with Gasteiger partial charge in [0.1, 0.15) is 5.56 Å². The number of hydrogen-bond donors (Lipinski definition) is 2. The summed E-state index contributed by atoms with van der Waals surface area (Å²) in [5.41, 5.74) is -0.202. The smallest absolute Gasteiger partial charge is 0.341 e. The van der Waals surface area contributed by atoms with Crippen LogP contribution in [0, 0.1) is 0 Å². The first-order chi connectivity index (χ1) is 11.9. The zero-order valence-corrected chi connectivity index (χ0v) is 13.7. The van der Waals surface area contributed by atoms with Crippen LogP contribution in [-0.2, 0) is 11.3 Å². The van der Waals surface area contributed by atoms with Crippen LogP contribution in [0.4, 0.5) is 0 Å². The van der Waals surface area contributed by atoms with Crippen LogP contribution in [0.25, 0.3) is 10.9 Å². The van der Waals surface area contributed by atoms with Gasteiger partial charge in [-0.05, 0) is 29.0 Å². The number of aromatic carboxylic acids is 1. The quantitative estimate of drug-likeness (QED) is 0.719. The van der Waals surface area contributed by atoms with Gasteiger partial charge in [0.05, 0.1) is 24.5 Å². The molecule has 0 radical (unpaired) electrons. The monoisotopic (exact) mass is 361 g/mol. The number of carbonyl (C=O) groups excluding carboxylic acids is 1. The number of carboxylic acids is 1. The van der Waals surface area contributed by atoms with Crippen LogP contribution in [0.1, 0.15) is 22.8 Å². The van der Waals surface area contributed by atoms with Crippen LogP contribution in [0.5, 0.6) is 0 Å². The van der Waals surface area contributed by atoms with Crippen LogP contribution < -0.4 is 10.6 Å². The van der Waals surface area contributed by atoms with E-state index in [1.165, 1.54) is 41.2 Å². The molecule has 10 heteroatoms. The predicted molar refractivity (Wildman–Crippen MR) is 89.2 cm³/mol. The van der Waals surface area contributed by atoms with E-state index in [4.69, 9.17) is 16.7 Å². The fourth-order valence-corrected chi connectivity index (χ4v) is 2.71. The molecule has 1 amide bonds. The van der Waals surface area contributed by atoms with Gasteiger partial charge in [0.15, 0.2) is 0 Å².